The molecule has 0 aromatic carbocycles. The second-order valence-electron chi connectivity index (χ2n) is 7.61. The van der Waals surface area contributed by atoms with Crippen LogP contribution >= 0.6 is 0 Å². The number of unbranched alkanes of at least 4 members (excludes halogenated alkanes) is 1. The molecule has 3 aromatic heterocycles. The first-order valence-electron chi connectivity index (χ1n) is 10.7. The first-order chi connectivity index (χ1) is 15.2. The van der Waals surface area contributed by atoms with Gasteiger partial charge in [0, 0.05) is 51.7 Å². The van der Waals surface area contributed by atoms with E-state index in [-0.39, 0.29) is 0 Å². The van der Waals surface area contributed by atoms with Crippen LogP contribution in [0.1, 0.15) is 18.4 Å². The lowest BCUT2D eigenvalue weighted by molar-refractivity contribution is 0.236. The van der Waals surface area contributed by atoms with Crippen LogP contribution in [-0.4, -0.2) is 64.0 Å². The first kappa shape index (κ1) is 20.8. The lowest BCUT2D eigenvalue weighted by atomic mass is 10.2. The third-order valence-electron chi connectivity index (χ3n) is 5.40. The fourth-order valence-corrected chi connectivity index (χ4v) is 3.72. The number of pyridine rings is 2. The van der Waals surface area contributed by atoms with Gasteiger partial charge in [0.2, 0.25) is 5.88 Å². The molecule has 8 heteroatoms. The number of rotatable bonds is 8. The van der Waals surface area contributed by atoms with Gasteiger partial charge >= 0.3 is 0 Å². The van der Waals surface area contributed by atoms with E-state index < -0.39 is 0 Å². The highest BCUT2D eigenvalue weighted by Gasteiger charge is 2.19. The van der Waals surface area contributed by atoms with Crippen molar-refractivity contribution in [3.8, 4) is 23.3 Å². The van der Waals surface area contributed by atoms with Crippen LogP contribution in [-0.2, 0) is 7.05 Å². The minimum Gasteiger partial charge on any atom is -0.478 e. The first-order valence-corrected chi connectivity index (χ1v) is 10.7. The molecule has 0 bridgehead atoms. The van der Waals surface area contributed by atoms with Crippen molar-refractivity contribution < 1.29 is 4.74 Å². The molecule has 4 heterocycles. The molecule has 0 N–H and O–H groups in total. The van der Waals surface area contributed by atoms with Crippen LogP contribution in [0.25, 0.3) is 11.4 Å². The lowest BCUT2D eigenvalue weighted by Gasteiger charge is -2.35. The standard InChI is InChI=1S/C23H27N7O/c1-28-12-9-21(27-28)20-7-4-8-22(26-20)31-17-3-2-11-29-13-15-30(16-14-29)23-19(18-24)6-5-10-25-23/h4-10,12H,2-3,11,13-17H2,1H3. The van der Waals surface area contributed by atoms with E-state index in [1.807, 2.05) is 49.6 Å². The van der Waals surface area contributed by atoms with E-state index in [1.54, 1.807) is 10.9 Å². The van der Waals surface area contributed by atoms with E-state index in [9.17, 15) is 5.26 Å². The van der Waals surface area contributed by atoms with Gasteiger partial charge in [0.1, 0.15) is 17.6 Å². The molecule has 0 spiro atoms. The molecule has 1 aliphatic heterocycles. The maximum absolute atomic E-state index is 9.28. The van der Waals surface area contributed by atoms with Gasteiger partial charge in [-0.3, -0.25) is 9.58 Å². The molecule has 3 aromatic rings. The van der Waals surface area contributed by atoms with E-state index in [0.717, 1.165) is 62.8 Å². The third-order valence-corrected chi connectivity index (χ3v) is 5.40. The van der Waals surface area contributed by atoms with Gasteiger partial charge in [-0.15, -0.1) is 0 Å². The van der Waals surface area contributed by atoms with Crippen LogP contribution < -0.4 is 9.64 Å². The van der Waals surface area contributed by atoms with Gasteiger partial charge in [-0.05, 0) is 43.7 Å². The summed E-state index contributed by atoms with van der Waals surface area (Å²) < 4.78 is 7.62. The molecular formula is C23H27N7O. The summed E-state index contributed by atoms with van der Waals surface area (Å²) in [5, 5.41) is 13.7. The number of aryl methyl sites for hydroxylation is 1. The predicted octanol–water partition coefficient (Wildman–Crippen LogP) is 2.73. The molecule has 0 atom stereocenters. The highest BCUT2D eigenvalue weighted by molar-refractivity contribution is 5.54. The molecule has 1 saturated heterocycles. The van der Waals surface area contributed by atoms with Crippen molar-refractivity contribution in [2.75, 3.05) is 44.2 Å². The summed E-state index contributed by atoms with van der Waals surface area (Å²) in [5.74, 6) is 1.44. The Labute approximate surface area is 182 Å². The summed E-state index contributed by atoms with van der Waals surface area (Å²) >= 11 is 0. The zero-order chi connectivity index (χ0) is 21.5. The van der Waals surface area contributed by atoms with Gasteiger partial charge in [0.15, 0.2) is 0 Å². The lowest BCUT2D eigenvalue weighted by Crippen LogP contribution is -2.47. The van der Waals surface area contributed by atoms with Gasteiger partial charge in [0.25, 0.3) is 0 Å². The van der Waals surface area contributed by atoms with Crippen molar-refractivity contribution in [2.45, 2.75) is 12.8 Å². The summed E-state index contributed by atoms with van der Waals surface area (Å²) in [6.07, 6.45) is 5.72. The van der Waals surface area contributed by atoms with E-state index in [1.165, 1.54) is 0 Å². The Morgan fingerprint density at radius 2 is 1.90 bits per heavy atom. The average Bonchev–Trinajstić information content (AvgIpc) is 3.26. The minimum atomic E-state index is 0.639. The summed E-state index contributed by atoms with van der Waals surface area (Å²) in [7, 11) is 1.89. The van der Waals surface area contributed by atoms with Crippen molar-refractivity contribution in [3.63, 3.8) is 0 Å². The highest BCUT2D eigenvalue weighted by atomic mass is 16.5. The Balaban J connectivity index is 1.17. The fraction of sp³-hybridized carbons (Fsp3) is 0.391. The summed E-state index contributed by atoms with van der Waals surface area (Å²) in [4.78, 5) is 13.6. The molecule has 0 aliphatic carbocycles. The average molecular weight is 418 g/mol. The van der Waals surface area contributed by atoms with Crippen molar-refractivity contribution in [2.24, 2.45) is 7.05 Å². The maximum Gasteiger partial charge on any atom is 0.213 e. The predicted molar refractivity (Wildman–Crippen MR) is 119 cm³/mol. The molecule has 4 rings (SSSR count). The normalized spacial score (nSPS) is 14.4. The molecular weight excluding hydrogens is 390 g/mol. The molecule has 0 saturated carbocycles. The van der Waals surface area contributed by atoms with E-state index in [2.05, 4.69) is 30.9 Å². The topological polar surface area (TPSA) is 83.1 Å². The van der Waals surface area contributed by atoms with E-state index >= 15 is 0 Å². The summed E-state index contributed by atoms with van der Waals surface area (Å²) in [6, 6.07) is 13.6. The Kier molecular flexibility index (Phi) is 6.75. The molecule has 0 radical (unpaired) electrons. The van der Waals surface area contributed by atoms with Gasteiger partial charge in [-0.1, -0.05) is 6.07 Å². The Hall–Kier alpha value is -3.44. The molecule has 160 valence electrons. The van der Waals surface area contributed by atoms with Crippen LogP contribution in [0.4, 0.5) is 5.82 Å². The number of ether oxygens (including phenoxy) is 1. The number of nitriles is 1. The minimum absolute atomic E-state index is 0.639. The van der Waals surface area contributed by atoms with Gasteiger partial charge in [0.05, 0.1) is 17.9 Å². The van der Waals surface area contributed by atoms with Crippen LogP contribution in [0.3, 0.4) is 0 Å². The van der Waals surface area contributed by atoms with Crippen LogP contribution in [0.15, 0.2) is 48.8 Å². The number of hydrogen-bond donors (Lipinski definition) is 0. The van der Waals surface area contributed by atoms with Gasteiger partial charge < -0.3 is 9.64 Å². The second-order valence-corrected chi connectivity index (χ2v) is 7.61. The van der Waals surface area contributed by atoms with Crippen LogP contribution in [0.2, 0.25) is 0 Å². The Morgan fingerprint density at radius 3 is 2.68 bits per heavy atom. The molecule has 0 unspecified atom stereocenters. The zero-order valence-corrected chi connectivity index (χ0v) is 17.8. The molecule has 8 nitrogen and oxygen atoms in total. The largest absolute Gasteiger partial charge is 0.478 e. The zero-order valence-electron chi connectivity index (χ0n) is 17.8. The molecule has 1 fully saturated rings. The SMILES string of the molecule is Cn1ccc(-c2cccc(OCCCCN3CCN(c4ncccc4C#N)CC3)n2)n1. The number of piperazine rings is 1. The van der Waals surface area contributed by atoms with E-state index in [4.69, 9.17) is 4.74 Å². The van der Waals surface area contributed by atoms with Crippen molar-refractivity contribution >= 4 is 5.82 Å². The monoisotopic (exact) mass is 417 g/mol. The molecule has 31 heavy (non-hydrogen) atoms. The second kappa shape index (κ2) is 10.0. The van der Waals surface area contributed by atoms with Gasteiger partial charge in [-0.25, -0.2) is 9.97 Å². The quantitative estimate of drug-likeness (QED) is 0.521. The van der Waals surface area contributed by atoms with E-state index in [0.29, 0.717) is 18.1 Å². The highest BCUT2D eigenvalue weighted by Crippen LogP contribution is 2.19. The van der Waals surface area contributed by atoms with Crippen LogP contribution in [0, 0.1) is 11.3 Å². The van der Waals surface area contributed by atoms with Crippen LogP contribution in [0.5, 0.6) is 5.88 Å². The summed E-state index contributed by atoms with van der Waals surface area (Å²) in [5.41, 5.74) is 2.32. The molecule has 1 aliphatic rings. The molecule has 0 amide bonds. The Morgan fingerprint density at radius 1 is 1.03 bits per heavy atom. The number of aromatic nitrogens is 4. The van der Waals surface area contributed by atoms with Crippen molar-refractivity contribution in [1.82, 2.24) is 24.6 Å². The maximum atomic E-state index is 9.28. The number of hydrogen-bond acceptors (Lipinski definition) is 7. The number of anilines is 1. The Bertz CT molecular complexity index is 1030. The summed E-state index contributed by atoms with van der Waals surface area (Å²) in [6.45, 7) is 5.45. The van der Waals surface area contributed by atoms with Crippen molar-refractivity contribution in [1.29, 1.82) is 5.26 Å². The fourth-order valence-electron chi connectivity index (χ4n) is 3.72. The third kappa shape index (κ3) is 5.38. The number of nitrogens with zero attached hydrogens (tertiary/aromatic N) is 7. The van der Waals surface area contributed by atoms with Gasteiger partial charge in [-0.2, -0.15) is 10.4 Å². The smallest absolute Gasteiger partial charge is 0.213 e. The van der Waals surface area contributed by atoms with Crippen molar-refractivity contribution in [3.05, 3.63) is 54.4 Å².